The topological polar surface area (TPSA) is 74.5 Å². The molecular weight excluding hydrogens is 449 g/mol. The molecule has 0 radical (unpaired) electrons. The maximum absolute atomic E-state index is 14.0. The van der Waals surface area contributed by atoms with E-state index in [9.17, 15) is 9.18 Å². The standard InChI is InChI=1S/C23H17BrFN3O2/c1-15-2-4-16(5-3-15)14-30-22-9-7-19(24)11-18(22)13-27-28-23(29)20-8-6-17(12-26)10-21(20)25/h2-11,13H,14H2,1H3,(H,28,29)/b27-13+. The largest absolute Gasteiger partial charge is 0.488 e. The zero-order chi connectivity index (χ0) is 21.5. The van der Waals surface area contributed by atoms with Gasteiger partial charge in [-0.1, -0.05) is 45.8 Å². The molecule has 0 aliphatic rings. The maximum Gasteiger partial charge on any atom is 0.274 e. The van der Waals surface area contributed by atoms with Crippen LogP contribution in [-0.2, 0) is 6.61 Å². The van der Waals surface area contributed by atoms with Crippen molar-refractivity contribution in [1.29, 1.82) is 5.26 Å². The number of rotatable bonds is 6. The summed E-state index contributed by atoms with van der Waals surface area (Å²) in [6.45, 7) is 2.40. The third-order valence-corrected chi connectivity index (χ3v) is 4.69. The van der Waals surface area contributed by atoms with E-state index >= 15 is 0 Å². The Kier molecular flexibility index (Phi) is 6.94. The van der Waals surface area contributed by atoms with Crippen molar-refractivity contribution < 1.29 is 13.9 Å². The van der Waals surface area contributed by atoms with E-state index in [-0.39, 0.29) is 11.1 Å². The zero-order valence-electron chi connectivity index (χ0n) is 16.0. The summed E-state index contributed by atoms with van der Waals surface area (Å²) in [4.78, 5) is 12.2. The monoisotopic (exact) mass is 465 g/mol. The van der Waals surface area contributed by atoms with Crippen molar-refractivity contribution in [2.75, 3.05) is 0 Å². The van der Waals surface area contributed by atoms with Crippen LogP contribution in [0.5, 0.6) is 5.75 Å². The lowest BCUT2D eigenvalue weighted by molar-refractivity contribution is 0.0951. The van der Waals surface area contributed by atoms with Gasteiger partial charge >= 0.3 is 0 Å². The fourth-order valence-electron chi connectivity index (χ4n) is 2.59. The molecule has 0 saturated carbocycles. The van der Waals surface area contributed by atoms with Gasteiger partial charge in [-0.15, -0.1) is 0 Å². The summed E-state index contributed by atoms with van der Waals surface area (Å²) in [7, 11) is 0. The second kappa shape index (κ2) is 9.81. The number of nitriles is 1. The van der Waals surface area contributed by atoms with Crippen molar-refractivity contribution in [1.82, 2.24) is 5.43 Å². The molecule has 0 atom stereocenters. The van der Waals surface area contributed by atoms with E-state index in [0.717, 1.165) is 16.1 Å². The predicted octanol–water partition coefficient (Wildman–Crippen LogP) is 5.11. The second-order valence-electron chi connectivity index (χ2n) is 6.46. The molecule has 5 nitrogen and oxygen atoms in total. The van der Waals surface area contributed by atoms with Gasteiger partial charge in [0.15, 0.2) is 0 Å². The molecule has 0 bridgehead atoms. The van der Waals surface area contributed by atoms with Gasteiger partial charge in [0.1, 0.15) is 18.2 Å². The van der Waals surface area contributed by atoms with Crippen LogP contribution in [0.15, 0.2) is 70.2 Å². The molecular formula is C23H17BrFN3O2. The minimum atomic E-state index is -0.786. The summed E-state index contributed by atoms with van der Waals surface area (Å²) in [6.07, 6.45) is 1.43. The van der Waals surface area contributed by atoms with E-state index in [1.54, 1.807) is 12.1 Å². The van der Waals surface area contributed by atoms with Gasteiger partial charge in [0.05, 0.1) is 23.4 Å². The number of hydrazone groups is 1. The Morgan fingerprint density at radius 2 is 1.97 bits per heavy atom. The molecule has 0 unspecified atom stereocenters. The molecule has 0 aliphatic heterocycles. The summed E-state index contributed by atoms with van der Waals surface area (Å²) in [5, 5.41) is 12.7. The Morgan fingerprint density at radius 1 is 1.20 bits per heavy atom. The summed E-state index contributed by atoms with van der Waals surface area (Å²) >= 11 is 3.40. The molecule has 0 heterocycles. The summed E-state index contributed by atoms with van der Waals surface area (Å²) in [5.41, 5.74) is 5.06. The van der Waals surface area contributed by atoms with E-state index in [0.29, 0.717) is 17.9 Å². The number of carbonyl (C=O) groups excluding carboxylic acids is 1. The number of ether oxygens (including phenoxy) is 1. The molecule has 150 valence electrons. The highest BCUT2D eigenvalue weighted by Crippen LogP contribution is 2.23. The van der Waals surface area contributed by atoms with Crippen LogP contribution >= 0.6 is 15.9 Å². The third kappa shape index (κ3) is 5.52. The highest BCUT2D eigenvalue weighted by Gasteiger charge is 2.11. The lowest BCUT2D eigenvalue weighted by Crippen LogP contribution is -2.19. The number of halogens is 2. The van der Waals surface area contributed by atoms with Crippen molar-refractivity contribution in [2.45, 2.75) is 13.5 Å². The van der Waals surface area contributed by atoms with Crippen LogP contribution in [0.4, 0.5) is 4.39 Å². The Balaban J connectivity index is 1.70. The molecule has 0 fully saturated rings. The molecule has 30 heavy (non-hydrogen) atoms. The van der Waals surface area contributed by atoms with Gasteiger partial charge in [-0.2, -0.15) is 10.4 Å². The molecule has 0 spiro atoms. The van der Waals surface area contributed by atoms with Crippen LogP contribution < -0.4 is 10.2 Å². The van der Waals surface area contributed by atoms with E-state index in [1.165, 1.54) is 23.9 Å². The maximum atomic E-state index is 14.0. The number of carbonyl (C=O) groups is 1. The first-order chi connectivity index (χ1) is 14.5. The van der Waals surface area contributed by atoms with Gasteiger partial charge in [0, 0.05) is 10.0 Å². The van der Waals surface area contributed by atoms with Crippen LogP contribution in [0.25, 0.3) is 0 Å². The minimum absolute atomic E-state index is 0.136. The Morgan fingerprint density at radius 3 is 2.67 bits per heavy atom. The van der Waals surface area contributed by atoms with Crippen molar-refractivity contribution in [3.05, 3.63) is 98.8 Å². The van der Waals surface area contributed by atoms with Gasteiger partial charge in [-0.05, 0) is 48.9 Å². The van der Waals surface area contributed by atoms with Gasteiger partial charge in [0.25, 0.3) is 5.91 Å². The molecule has 3 rings (SSSR count). The number of hydrogen-bond acceptors (Lipinski definition) is 4. The third-order valence-electron chi connectivity index (χ3n) is 4.20. The van der Waals surface area contributed by atoms with Crippen LogP contribution in [0, 0.1) is 24.1 Å². The number of aryl methyl sites for hydroxylation is 1. The highest BCUT2D eigenvalue weighted by atomic mass is 79.9. The average molecular weight is 466 g/mol. The van der Waals surface area contributed by atoms with Crippen molar-refractivity contribution >= 4 is 28.1 Å². The van der Waals surface area contributed by atoms with Crippen LogP contribution in [0.3, 0.4) is 0 Å². The van der Waals surface area contributed by atoms with Gasteiger partial charge in [-0.3, -0.25) is 4.79 Å². The van der Waals surface area contributed by atoms with Crippen molar-refractivity contribution in [3.8, 4) is 11.8 Å². The van der Waals surface area contributed by atoms with Crippen LogP contribution in [0.1, 0.15) is 32.6 Å². The number of nitrogens with zero attached hydrogens (tertiary/aromatic N) is 2. The Hall–Kier alpha value is -3.50. The number of benzene rings is 3. The molecule has 3 aromatic carbocycles. The number of hydrogen-bond donors (Lipinski definition) is 1. The highest BCUT2D eigenvalue weighted by molar-refractivity contribution is 9.10. The van der Waals surface area contributed by atoms with E-state index in [4.69, 9.17) is 10.00 Å². The fraction of sp³-hybridized carbons (Fsp3) is 0.0870. The van der Waals surface area contributed by atoms with E-state index in [2.05, 4.69) is 26.5 Å². The molecule has 1 amide bonds. The van der Waals surface area contributed by atoms with E-state index < -0.39 is 11.7 Å². The lowest BCUT2D eigenvalue weighted by atomic mass is 10.1. The SMILES string of the molecule is Cc1ccc(COc2ccc(Br)cc2/C=N/NC(=O)c2ccc(C#N)cc2F)cc1. The van der Waals surface area contributed by atoms with Crippen LogP contribution in [-0.4, -0.2) is 12.1 Å². The Bertz CT molecular complexity index is 1140. The predicted molar refractivity (Wildman–Crippen MR) is 116 cm³/mol. The lowest BCUT2D eigenvalue weighted by Gasteiger charge is -2.10. The normalized spacial score (nSPS) is 10.6. The quantitative estimate of drug-likeness (QED) is 0.405. The molecule has 1 N–H and O–H groups in total. The molecule has 7 heteroatoms. The summed E-state index contributed by atoms with van der Waals surface area (Å²) in [5.74, 6) is -0.919. The minimum Gasteiger partial charge on any atom is -0.488 e. The summed E-state index contributed by atoms with van der Waals surface area (Å²) < 4.78 is 20.7. The van der Waals surface area contributed by atoms with Gasteiger partial charge < -0.3 is 4.74 Å². The molecule has 0 aromatic heterocycles. The number of amides is 1. The first kappa shape index (κ1) is 21.2. The smallest absolute Gasteiger partial charge is 0.274 e. The van der Waals surface area contributed by atoms with Crippen LogP contribution in [0.2, 0.25) is 0 Å². The van der Waals surface area contributed by atoms with E-state index in [1.807, 2.05) is 43.3 Å². The first-order valence-corrected chi connectivity index (χ1v) is 9.76. The molecule has 0 aliphatic carbocycles. The Labute approximate surface area is 181 Å². The second-order valence-corrected chi connectivity index (χ2v) is 7.38. The molecule has 0 saturated heterocycles. The van der Waals surface area contributed by atoms with Gasteiger partial charge in [-0.25, -0.2) is 9.82 Å². The average Bonchev–Trinajstić information content (AvgIpc) is 2.74. The van der Waals surface area contributed by atoms with Crippen molar-refractivity contribution in [2.24, 2.45) is 5.10 Å². The fourth-order valence-corrected chi connectivity index (χ4v) is 2.97. The molecule has 3 aromatic rings. The van der Waals surface area contributed by atoms with Gasteiger partial charge in [0.2, 0.25) is 0 Å². The summed E-state index contributed by atoms with van der Waals surface area (Å²) in [6, 6.07) is 18.9. The zero-order valence-corrected chi connectivity index (χ0v) is 17.6. The first-order valence-electron chi connectivity index (χ1n) is 8.97. The number of nitrogens with one attached hydrogen (secondary N) is 1. The van der Waals surface area contributed by atoms with Crippen molar-refractivity contribution in [3.63, 3.8) is 0 Å².